The summed E-state index contributed by atoms with van der Waals surface area (Å²) >= 11 is 12.1. The second-order valence-corrected chi connectivity index (χ2v) is 5.53. The molecule has 0 aromatic heterocycles. The van der Waals surface area contributed by atoms with Crippen LogP contribution in [0, 0.1) is 0 Å². The molecule has 0 aliphatic rings. The minimum Gasteiger partial charge on any atom is -0.318 e. The highest BCUT2D eigenvalue weighted by atomic mass is 35.5. The molecule has 2 N–H and O–H groups in total. The maximum atomic E-state index is 6.67. The first-order valence-electron chi connectivity index (χ1n) is 6.38. The lowest BCUT2D eigenvalue weighted by Gasteiger charge is -2.31. The molecule has 1 atom stereocenters. The molecule has 100 valence electrons. The second kappa shape index (κ2) is 5.96. The zero-order valence-corrected chi connectivity index (χ0v) is 12.4. The molecule has 2 aromatic carbocycles. The lowest BCUT2D eigenvalue weighted by atomic mass is 9.80. The summed E-state index contributed by atoms with van der Waals surface area (Å²) in [6.45, 7) is 2.13. The van der Waals surface area contributed by atoms with Crippen LogP contribution in [0.2, 0.25) is 10.0 Å². The smallest absolute Gasteiger partial charge is 0.0666 e. The third-order valence-electron chi connectivity index (χ3n) is 3.37. The molecule has 1 nitrogen and oxygen atoms in total. The number of benzene rings is 2. The van der Waals surface area contributed by atoms with E-state index in [1.165, 1.54) is 0 Å². The van der Waals surface area contributed by atoms with Crippen LogP contribution in [0.5, 0.6) is 0 Å². The summed E-state index contributed by atoms with van der Waals surface area (Å²) in [7, 11) is 0. The van der Waals surface area contributed by atoms with E-state index < -0.39 is 5.54 Å². The van der Waals surface area contributed by atoms with Crippen LogP contribution in [0.4, 0.5) is 0 Å². The molecule has 0 saturated carbocycles. The van der Waals surface area contributed by atoms with E-state index in [0.29, 0.717) is 10.0 Å². The van der Waals surface area contributed by atoms with Gasteiger partial charge in [0, 0.05) is 0 Å². The predicted octanol–water partition coefficient (Wildman–Crippen LogP) is 5.00. The van der Waals surface area contributed by atoms with Gasteiger partial charge in [0.05, 0.1) is 15.6 Å². The molecule has 0 radical (unpaired) electrons. The van der Waals surface area contributed by atoms with Crippen molar-refractivity contribution in [1.82, 2.24) is 0 Å². The lowest BCUT2D eigenvalue weighted by molar-refractivity contribution is 0.485. The Bertz CT molecular complexity index is 554. The minimum absolute atomic E-state index is 0.524. The molecular weight excluding hydrogens is 277 g/mol. The van der Waals surface area contributed by atoms with Gasteiger partial charge in [0.2, 0.25) is 0 Å². The van der Waals surface area contributed by atoms with Crippen molar-refractivity contribution >= 4 is 23.2 Å². The van der Waals surface area contributed by atoms with Crippen molar-refractivity contribution in [3.8, 4) is 0 Å². The first-order valence-corrected chi connectivity index (χ1v) is 7.13. The molecule has 0 fully saturated rings. The normalized spacial score (nSPS) is 14.1. The number of rotatable bonds is 4. The predicted molar refractivity (Wildman–Crippen MR) is 82.8 cm³/mol. The van der Waals surface area contributed by atoms with E-state index >= 15 is 0 Å². The van der Waals surface area contributed by atoms with Crippen LogP contribution in [0.15, 0.2) is 48.5 Å². The molecule has 0 saturated heterocycles. The number of hydrogen-bond acceptors (Lipinski definition) is 1. The molecule has 0 amide bonds. The maximum absolute atomic E-state index is 6.67. The van der Waals surface area contributed by atoms with Crippen molar-refractivity contribution in [3.63, 3.8) is 0 Å². The second-order valence-electron chi connectivity index (χ2n) is 4.72. The number of nitrogens with two attached hydrogens (primary N) is 1. The van der Waals surface area contributed by atoms with E-state index in [9.17, 15) is 0 Å². The Morgan fingerprint density at radius 3 is 2.21 bits per heavy atom. The Balaban J connectivity index is 2.52. The highest BCUT2D eigenvalue weighted by molar-refractivity contribution is 6.42. The van der Waals surface area contributed by atoms with Gasteiger partial charge in [0.25, 0.3) is 0 Å². The van der Waals surface area contributed by atoms with Gasteiger partial charge in [0.1, 0.15) is 0 Å². The minimum atomic E-state index is -0.524. The molecule has 0 aliphatic carbocycles. The van der Waals surface area contributed by atoms with Gasteiger partial charge in [-0.05, 0) is 29.7 Å². The van der Waals surface area contributed by atoms with Crippen molar-refractivity contribution < 1.29 is 0 Å². The van der Waals surface area contributed by atoms with E-state index in [1.54, 1.807) is 6.07 Å². The first kappa shape index (κ1) is 14.4. The highest BCUT2D eigenvalue weighted by Gasteiger charge is 2.28. The standard InChI is InChI=1S/C16H17Cl2N/c1-2-10-16(19,12-6-4-3-5-7-12)13-8-9-14(17)15(18)11-13/h3-9,11H,2,10,19H2,1H3. The van der Waals surface area contributed by atoms with Crippen LogP contribution in [0.3, 0.4) is 0 Å². The summed E-state index contributed by atoms with van der Waals surface area (Å²) < 4.78 is 0. The molecule has 3 heteroatoms. The van der Waals surface area contributed by atoms with Crippen molar-refractivity contribution in [2.45, 2.75) is 25.3 Å². The van der Waals surface area contributed by atoms with Gasteiger partial charge in [0.15, 0.2) is 0 Å². The summed E-state index contributed by atoms with van der Waals surface area (Å²) in [5.74, 6) is 0. The fraction of sp³-hybridized carbons (Fsp3) is 0.250. The van der Waals surface area contributed by atoms with Gasteiger partial charge in [-0.25, -0.2) is 0 Å². The topological polar surface area (TPSA) is 26.0 Å². The highest BCUT2D eigenvalue weighted by Crippen LogP contribution is 2.34. The quantitative estimate of drug-likeness (QED) is 0.844. The van der Waals surface area contributed by atoms with Crippen molar-refractivity contribution in [2.75, 3.05) is 0 Å². The Kier molecular flexibility index (Phi) is 4.51. The molecular formula is C16H17Cl2N. The summed E-state index contributed by atoms with van der Waals surface area (Å²) in [5.41, 5.74) is 8.23. The molecule has 0 bridgehead atoms. The monoisotopic (exact) mass is 293 g/mol. The van der Waals surface area contributed by atoms with Crippen LogP contribution in [0.25, 0.3) is 0 Å². The van der Waals surface area contributed by atoms with Crippen LogP contribution in [-0.2, 0) is 5.54 Å². The first-order chi connectivity index (χ1) is 9.08. The van der Waals surface area contributed by atoms with Crippen molar-refractivity contribution in [1.29, 1.82) is 0 Å². The molecule has 19 heavy (non-hydrogen) atoms. The number of halogens is 2. The lowest BCUT2D eigenvalue weighted by Crippen LogP contribution is -2.37. The maximum Gasteiger partial charge on any atom is 0.0666 e. The number of hydrogen-bond donors (Lipinski definition) is 1. The third-order valence-corrected chi connectivity index (χ3v) is 4.11. The third kappa shape index (κ3) is 2.94. The molecule has 2 rings (SSSR count). The Labute approximate surface area is 124 Å². The fourth-order valence-electron chi connectivity index (χ4n) is 2.36. The van der Waals surface area contributed by atoms with Gasteiger partial charge in [-0.3, -0.25) is 0 Å². The molecule has 1 unspecified atom stereocenters. The average Bonchev–Trinajstić information content (AvgIpc) is 2.43. The molecule has 2 aromatic rings. The zero-order valence-electron chi connectivity index (χ0n) is 10.9. The molecule has 0 aliphatic heterocycles. The molecule has 0 heterocycles. The van der Waals surface area contributed by atoms with Crippen molar-refractivity contribution in [3.05, 3.63) is 69.7 Å². The van der Waals surface area contributed by atoms with E-state index in [2.05, 4.69) is 19.1 Å². The Morgan fingerprint density at radius 1 is 0.947 bits per heavy atom. The van der Waals surface area contributed by atoms with Gasteiger partial charge in [-0.1, -0.05) is 72.9 Å². The van der Waals surface area contributed by atoms with Crippen LogP contribution >= 0.6 is 23.2 Å². The largest absolute Gasteiger partial charge is 0.318 e. The van der Waals surface area contributed by atoms with Gasteiger partial charge in [-0.2, -0.15) is 0 Å². The molecule has 0 spiro atoms. The van der Waals surface area contributed by atoms with Gasteiger partial charge in [-0.15, -0.1) is 0 Å². The van der Waals surface area contributed by atoms with E-state index in [1.807, 2.05) is 30.3 Å². The van der Waals surface area contributed by atoms with Gasteiger partial charge >= 0.3 is 0 Å². The summed E-state index contributed by atoms with van der Waals surface area (Å²) in [6, 6.07) is 15.7. The zero-order chi connectivity index (χ0) is 13.9. The van der Waals surface area contributed by atoms with Crippen molar-refractivity contribution in [2.24, 2.45) is 5.73 Å². The summed E-state index contributed by atoms with van der Waals surface area (Å²) in [4.78, 5) is 0. The van der Waals surface area contributed by atoms with Crippen LogP contribution in [0.1, 0.15) is 30.9 Å². The SMILES string of the molecule is CCCC(N)(c1ccccc1)c1ccc(Cl)c(Cl)c1. The summed E-state index contributed by atoms with van der Waals surface area (Å²) in [5, 5.41) is 1.10. The van der Waals surface area contributed by atoms with Gasteiger partial charge < -0.3 is 5.73 Å². The van der Waals surface area contributed by atoms with Crippen LogP contribution < -0.4 is 5.73 Å². The summed E-state index contributed by atoms with van der Waals surface area (Å²) in [6.07, 6.45) is 1.85. The van der Waals surface area contributed by atoms with E-state index in [4.69, 9.17) is 28.9 Å². The fourth-order valence-corrected chi connectivity index (χ4v) is 2.66. The Morgan fingerprint density at radius 2 is 1.63 bits per heavy atom. The van der Waals surface area contributed by atoms with E-state index in [-0.39, 0.29) is 0 Å². The Hall–Kier alpha value is -1.02. The average molecular weight is 294 g/mol. The van der Waals surface area contributed by atoms with E-state index in [0.717, 1.165) is 24.0 Å². The van der Waals surface area contributed by atoms with Crippen LogP contribution in [-0.4, -0.2) is 0 Å².